The van der Waals surface area contributed by atoms with Crippen LogP contribution in [0.4, 0.5) is 10.6 Å². The molecule has 1 aliphatic rings. The minimum atomic E-state index is -0.611. The Morgan fingerprint density at radius 3 is 2.73 bits per heavy atom. The van der Waals surface area contributed by atoms with Gasteiger partial charge in [0.25, 0.3) is 0 Å². The number of aryl methyl sites for hydroxylation is 1. The standard InChI is InChI=1S/C23H25N5O2/c1-2-3-8-16-9-7-10-17(13-16)20-14-21(26-22(29)19-15-24-23(30)25-19)27-28(20)18-11-5-4-6-12-18/h4-7,9-14,19H,2-3,8,15H2,1H3,(H2,24,25,30)(H,26,27,29)/t19-/m1/s1. The molecule has 1 fully saturated rings. The van der Waals surface area contributed by atoms with Crippen molar-refractivity contribution >= 4 is 17.8 Å². The Morgan fingerprint density at radius 2 is 2.00 bits per heavy atom. The van der Waals surface area contributed by atoms with Crippen LogP contribution in [-0.2, 0) is 11.2 Å². The molecule has 1 aliphatic heterocycles. The highest BCUT2D eigenvalue weighted by molar-refractivity contribution is 5.98. The van der Waals surface area contributed by atoms with Crippen LogP contribution in [-0.4, -0.2) is 34.3 Å². The molecule has 4 rings (SSSR count). The van der Waals surface area contributed by atoms with Crippen LogP contribution in [0.5, 0.6) is 0 Å². The first-order valence-electron chi connectivity index (χ1n) is 10.2. The van der Waals surface area contributed by atoms with Crippen LogP contribution in [0.3, 0.4) is 0 Å². The Hall–Kier alpha value is -3.61. The molecule has 0 saturated carbocycles. The second-order valence-electron chi connectivity index (χ2n) is 7.36. The number of carbonyl (C=O) groups is 2. The number of nitrogens with one attached hydrogen (secondary N) is 3. The molecular formula is C23H25N5O2. The van der Waals surface area contributed by atoms with E-state index in [0.29, 0.717) is 5.82 Å². The summed E-state index contributed by atoms with van der Waals surface area (Å²) in [5.41, 5.74) is 4.11. The first kappa shape index (κ1) is 19.7. The summed E-state index contributed by atoms with van der Waals surface area (Å²) in [5.74, 6) is 0.147. The summed E-state index contributed by atoms with van der Waals surface area (Å²) in [6.07, 6.45) is 3.32. The van der Waals surface area contributed by atoms with Gasteiger partial charge in [-0.1, -0.05) is 49.7 Å². The van der Waals surface area contributed by atoms with E-state index >= 15 is 0 Å². The number of benzene rings is 2. The van der Waals surface area contributed by atoms with Crippen LogP contribution in [0.15, 0.2) is 60.7 Å². The largest absolute Gasteiger partial charge is 0.336 e. The predicted molar refractivity (Wildman–Crippen MR) is 117 cm³/mol. The lowest BCUT2D eigenvalue weighted by atomic mass is 10.0. The lowest BCUT2D eigenvalue weighted by Crippen LogP contribution is -2.38. The third kappa shape index (κ3) is 4.35. The minimum absolute atomic E-state index is 0.260. The maximum absolute atomic E-state index is 12.5. The molecule has 3 N–H and O–H groups in total. The monoisotopic (exact) mass is 403 g/mol. The van der Waals surface area contributed by atoms with Crippen LogP contribution in [0.2, 0.25) is 0 Å². The third-order valence-electron chi connectivity index (χ3n) is 5.09. The van der Waals surface area contributed by atoms with E-state index in [1.165, 1.54) is 5.56 Å². The number of nitrogens with zero attached hydrogens (tertiary/aromatic N) is 2. The second kappa shape index (κ2) is 8.82. The Labute approximate surface area is 175 Å². The zero-order valence-electron chi connectivity index (χ0n) is 16.9. The van der Waals surface area contributed by atoms with Crippen LogP contribution >= 0.6 is 0 Å². The summed E-state index contributed by atoms with van der Waals surface area (Å²) in [5, 5.41) is 12.6. The van der Waals surface area contributed by atoms with Crippen molar-refractivity contribution in [3.8, 4) is 16.9 Å². The van der Waals surface area contributed by atoms with Crippen molar-refractivity contribution < 1.29 is 9.59 Å². The van der Waals surface area contributed by atoms with Gasteiger partial charge >= 0.3 is 6.03 Å². The van der Waals surface area contributed by atoms with Crippen molar-refractivity contribution in [2.45, 2.75) is 32.2 Å². The maximum atomic E-state index is 12.5. The minimum Gasteiger partial charge on any atom is -0.336 e. The number of unbranched alkanes of at least 4 members (excludes halogenated alkanes) is 1. The number of urea groups is 1. The normalized spacial score (nSPS) is 15.5. The Morgan fingerprint density at radius 1 is 1.17 bits per heavy atom. The average molecular weight is 403 g/mol. The van der Waals surface area contributed by atoms with Crippen molar-refractivity contribution in [1.29, 1.82) is 0 Å². The molecule has 30 heavy (non-hydrogen) atoms. The van der Waals surface area contributed by atoms with Gasteiger partial charge in [0.15, 0.2) is 5.82 Å². The summed E-state index contributed by atoms with van der Waals surface area (Å²) >= 11 is 0. The molecule has 7 heteroatoms. The number of hydrogen-bond donors (Lipinski definition) is 3. The molecule has 154 valence electrons. The molecule has 2 aromatic carbocycles. The number of aromatic nitrogens is 2. The number of carbonyl (C=O) groups excluding carboxylic acids is 2. The van der Waals surface area contributed by atoms with Gasteiger partial charge in [0.1, 0.15) is 6.04 Å². The summed E-state index contributed by atoms with van der Waals surface area (Å²) in [7, 11) is 0. The highest BCUT2D eigenvalue weighted by atomic mass is 16.2. The molecular weight excluding hydrogens is 378 g/mol. The average Bonchev–Trinajstić information content (AvgIpc) is 3.39. The van der Waals surface area contributed by atoms with Crippen LogP contribution < -0.4 is 16.0 Å². The van der Waals surface area contributed by atoms with E-state index < -0.39 is 6.04 Å². The number of hydrogen-bond acceptors (Lipinski definition) is 3. The molecule has 0 bridgehead atoms. The van der Waals surface area contributed by atoms with E-state index in [1.54, 1.807) is 0 Å². The molecule has 0 aliphatic carbocycles. The highest BCUT2D eigenvalue weighted by Gasteiger charge is 2.27. The van der Waals surface area contributed by atoms with Crippen molar-refractivity contribution in [1.82, 2.24) is 20.4 Å². The first-order valence-corrected chi connectivity index (χ1v) is 10.2. The molecule has 0 spiro atoms. The molecule has 1 atom stereocenters. The lowest BCUT2D eigenvalue weighted by molar-refractivity contribution is -0.117. The molecule has 0 radical (unpaired) electrons. The van der Waals surface area contributed by atoms with Gasteiger partial charge in [-0.05, 0) is 36.6 Å². The number of amides is 3. The van der Waals surface area contributed by atoms with Gasteiger partial charge in [0.05, 0.1) is 11.4 Å². The fourth-order valence-corrected chi connectivity index (χ4v) is 3.51. The van der Waals surface area contributed by atoms with Crippen LogP contribution in [0.1, 0.15) is 25.3 Å². The first-order chi connectivity index (χ1) is 14.6. The van der Waals surface area contributed by atoms with Crippen molar-refractivity contribution in [3.05, 3.63) is 66.2 Å². The van der Waals surface area contributed by atoms with Gasteiger partial charge in [-0.15, -0.1) is 5.10 Å². The van der Waals surface area contributed by atoms with Gasteiger partial charge in [-0.3, -0.25) is 4.79 Å². The summed E-state index contributed by atoms with van der Waals surface area (Å²) in [6, 6.07) is 19.2. The second-order valence-corrected chi connectivity index (χ2v) is 7.36. The van der Waals surface area contributed by atoms with Gasteiger partial charge in [0, 0.05) is 18.2 Å². The van der Waals surface area contributed by atoms with Gasteiger partial charge in [-0.2, -0.15) is 0 Å². The highest BCUT2D eigenvalue weighted by Crippen LogP contribution is 2.27. The SMILES string of the molecule is CCCCc1cccc(-c2cc(NC(=O)[C@H]3CNC(=O)N3)nn2-c2ccccc2)c1. The van der Waals surface area contributed by atoms with Gasteiger partial charge in [-0.25, -0.2) is 9.48 Å². The van der Waals surface area contributed by atoms with Gasteiger partial charge in [0.2, 0.25) is 5.91 Å². The van der Waals surface area contributed by atoms with E-state index in [1.807, 2.05) is 41.1 Å². The van der Waals surface area contributed by atoms with Crippen molar-refractivity contribution in [2.24, 2.45) is 0 Å². The fraction of sp³-hybridized carbons (Fsp3) is 0.261. The Balaban J connectivity index is 1.67. The van der Waals surface area contributed by atoms with Crippen LogP contribution in [0.25, 0.3) is 16.9 Å². The number of anilines is 1. The van der Waals surface area contributed by atoms with E-state index in [9.17, 15) is 9.59 Å². The molecule has 3 aromatic rings. The number of para-hydroxylation sites is 1. The number of rotatable bonds is 7. The van der Waals surface area contributed by atoms with Gasteiger partial charge < -0.3 is 16.0 Å². The van der Waals surface area contributed by atoms with E-state index in [4.69, 9.17) is 0 Å². The Bertz CT molecular complexity index is 1040. The molecule has 3 amide bonds. The molecule has 0 unspecified atom stereocenters. The smallest absolute Gasteiger partial charge is 0.315 e. The van der Waals surface area contributed by atoms with Crippen molar-refractivity contribution in [2.75, 3.05) is 11.9 Å². The molecule has 1 saturated heterocycles. The summed E-state index contributed by atoms with van der Waals surface area (Å²) in [4.78, 5) is 23.8. The van der Waals surface area contributed by atoms with Crippen LogP contribution in [0, 0.1) is 0 Å². The maximum Gasteiger partial charge on any atom is 0.315 e. The molecule has 1 aromatic heterocycles. The lowest BCUT2D eigenvalue weighted by Gasteiger charge is -2.09. The molecule has 7 nitrogen and oxygen atoms in total. The quantitative estimate of drug-likeness (QED) is 0.564. The van der Waals surface area contributed by atoms with E-state index in [-0.39, 0.29) is 18.5 Å². The Kier molecular flexibility index (Phi) is 5.79. The molecule has 2 heterocycles. The van der Waals surface area contributed by atoms with E-state index in [2.05, 4.69) is 52.2 Å². The third-order valence-corrected chi connectivity index (χ3v) is 5.09. The van der Waals surface area contributed by atoms with Crippen molar-refractivity contribution in [3.63, 3.8) is 0 Å². The zero-order valence-corrected chi connectivity index (χ0v) is 16.9. The fourth-order valence-electron chi connectivity index (χ4n) is 3.51. The predicted octanol–water partition coefficient (Wildman–Crippen LogP) is 3.50. The topological polar surface area (TPSA) is 88.1 Å². The summed E-state index contributed by atoms with van der Waals surface area (Å²) < 4.78 is 1.83. The zero-order chi connectivity index (χ0) is 20.9. The van der Waals surface area contributed by atoms with E-state index in [0.717, 1.165) is 36.2 Å². The summed E-state index contributed by atoms with van der Waals surface area (Å²) in [6.45, 7) is 2.45.